The van der Waals surface area contributed by atoms with Crippen LogP contribution in [-0.4, -0.2) is 0 Å². The van der Waals surface area contributed by atoms with Crippen LogP contribution in [0.4, 0.5) is 0 Å². The minimum absolute atomic E-state index is 0.198. The van der Waals surface area contributed by atoms with Crippen molar-refractivity contribution in [2.45, 2.75) is 123 Å². The summed E-state index contributed by atoms with van der Waals surface area (Å²) in [6, 6.07) is 6.70. The monoisotopic (exact) mass is 359 g/mol. The van der Waals surface area contributed by atoms with Crippen molar-refractivity contribution in [1.82, 2.24) is 0 Å². The average Bonchev–Trinajstić information content (AvgIpc) is 2.63. The molecule has 0 saturated carbocycles. The van der Waals surface area contributed by atoms with Crippen LogP contribution < -0.4 is 5.73 Å². The minimum atomic E-state index is -0.198. The molecule has 0 fully saturated rings. The number of unbranched alkanes of at least 4 members (excludes halogenated alkanes) is 11. The van der Waals surface area contributed by atoms with Crippen LogP contribution in [0.5, 0.6) is 0 Å². The van der Waals surface area contributed by atoms with Gasteiger partial charge in [-0.25, -0.2) is 0 Å². The van der Waals surface area contributed by atoms with Gasteiger partial charge in [0, 0.05) is 5.54 Å². The third kappa shape index (κ3) is 8.71. The van der Waals surface area contributed by atoms with Crippen molar-refractivity contribution in [3.8, 4) is 0 Å². The normalized spacial score (nSPS) is 13.7. The summed E-state index contributed by atoms with van der Waals surface area (Å²) < 4.78 is 0. The molecule has 0 saturated heterocycles. The van der Waals surface area contributed by atoms with Gasteiger partial charge in [0.25, 0.3) is 0 Å². The molecule has 0 aliphatic rings. The molecule has 0 heterocycles. The Bertz CT molecular complexity index is 475. The maximum Gasteiger partial charge on any atom is 0.0381 e. The van der Waals surface area contributed by atoms with Crippen LogP contribution in [0, 0.1) is 6.92 Å². The highest BCUT2D eigenvalue weighted by atomic mass is 14.7. The molecule has 0 aliphatic heterocycles. The maximum absolute atomic E-state index is 6.48. The fraction of sp³-hybridized carbons (Fsp3) is 0.760. The summed E-state index contributed by atoms with van der Waals surface area (Å²) in [5.41, 5.74) is 10.5. The first-order valence-corrected chi connectivity index (χ1v) is 11.4. The number of hydrogen-bond acceptors (Lipinski definition) is 1. The van der Waals surface area contributed by atoms with Gasteiger partial charge in [-0.3, -0.25) is 0 Å². The van der Waals surface area contributed by atoms with Gasteiger partial charge in [0.2, 0.25) is 0 Å². The number of benzene rings is 1. The zero-order chi connectivity index (χ0) is 19.3. The first-order chi connectivity index (χ1) is 12.5. The van der Waals surface area contributed by atoms with Gasteiger partial charge in [0.05, 0.1) is 0 Å². The van der Waals surface area contributed by atoms with Gasteiger partial charge < -0.3 is 5.73 Å². The lowest BCUT2D eigenvalue weighted by molar-refractivity contribution is 0.473. The summed E-state index contributed by atoms with van der Waals surface area (Å²) in [7, 11) is 0. The molecule has 0 aromatic heterocycles. The molecule has 2 N–H and O–H groups in total. The van der Waals surface area contributed by atoms with Gasteiger partial charge in [-0.2, -0.15) is 0 Å². The molecule has 26 heavy (non-hydrogen) atoms. The third-order valence-electron chi connectivity index (χ3n) is 6.10. The Morgan fingerprint density at radius 3 is 1.77 bits per heavy atom. The number of rotatable bonds is 15. The molecular weight excluding hydrogens is 314 g/mol. The molecule has 1 aromatic carbocycles. The fourth-order valence-electron chi connectivity index (χ4n) is 3.92. The van der Waals surface area contributed by atoms with Gasteiger partial charge >= 0.3 is 0 Å². The van der Waals surface area contributed by atoms with E-state index in [1.807, 2.05) is 0 Å². The smallest absolute Gasteiger partial charge is 0.0381 e. The van der Waals surface area contributed by atoms with Crippen molar-refractivity contribution < 1.29 is 0 Å². The highest BCUT2D eigenvalue weighted by Crippen LogP contribution is 2.27. The van der Waals surface area contributed by atoms with Crippen molar-refractivity contribution >= 4 is 0 Å². The van der Waals surface area contributed by atoms with Crippen LogP contribution in [-0.2, 0) is 12.0 Å². The molecule has 1 unspecified atom stereocenters. The molecule has 1 atom stereocenters. The molecule has 0 radical (unpaired) electrons. The Morgan fingerprint density at radius 1 is 0.769 bits per heavy atom. The molecular formula is C25H45N. The van der Waals surface area contributed by atoms with E-state index < -0.39 is 0 Å². The summed E-state index contributed by atoms with van der Waals surface area (Å²) in [5.74, 6) is 0. The Labute approximate surface area is 164 Å². The number of nitrogens with two attached hydrogens (primary N) is 1. The second-order valence-electron chi connectivity index (χ2n) is 8.50. The quantitative estimate of drug-likeness (QED) is 0.317. The van der Waals surface area contributed by atoms with E-state index in [2.05, 4.69) is 45.9 Å². The molecule has 0 spiro atoms. The van der Waals surface area contributed by atoms with E-state index >= 15 is 0 Å². The van der Waals surface area contributed by atoms with Crippen molar-refractivity contribution in [2.24, 2.45) is 5.73 Å². The van der Waals surface area contributed by atoms with Crippen molar-refractivity contribution in [3.63, 3.8) is 0 Å². The topological polar surface area (TPSA) is 26.0 Å². The first-order valence-electron chi connectivity index (χ1n) is 11.4. The third-order valence-corrected chi connectivity index (χ3v) is 6.10. The predicted molar refractivity (Wildman–Crippen MR) is 118 cm³/mol. The predicted octanol–water partition coefficient (Wildman–Crippen LogP) is 7.82. The van der Waals surface area contributed by atoms with Crippen molar-refractivity contribution in [3.05, 3.63) is 34.9 Å². The lowest BCUT2D eigenvalue weighted by Gasteiger charge is -2.26. The summed E-state index contributed by atoms with van der Waals surface area (Å²) in [6.45, 7) is 8.88. The molecule has 150 valence electrons. The summed E-state index contributed by atoms with van der Waals surface area (Å²) >= 11 is 0. The summed E-state index contributed by atoms with van der Waals surface area (Å²) in [4.78, 5) is 0. The van der Waals surface area contributed by atoms with E-state index in [-0.39, 0.29) is 5.54 Å². The van der Waals surface area contributed by atoms with Crippen molar-refractivity contribution in [2.75, 3.05) is 0 Å². The van der Waals surface area contributed by atoms with Gasteiger partial charge in [0.15, 0.2) is 0 Å². The molecule has 0 bridgehead atoms. The molecule has 1 rings (SSSR count). The highest BCUT2D eigenvalue weighted by Gasteiger charge is 2.21. The largest absolute Gasteiger partial charge is 0.322 e. The Kier molecular flexibility index (Phi) is 11.9. The van der Waals surface area contributed by atoms with E-state index in [4.69, 9.17) is 5.73 Å². The van der Waals surface area contributed by atoms with E-state index in [9.17, 15) is 0 Å². The van der Waals surface area contributed by atoms with Crippen LogP contribution in [0.3, 0.4) is 0 Å². The van der Waals surface area contributed by atoms with E-state index in [1.54, 1.807) is 0 Å². The fourth-order valence-corrected chi connectivity index (χ4v) is 3.92. The molecule has 0 amide bonds. The lowest BCUT2D eigenvalue weighted by atomic mass is 9.84. The number of aryl methyl sites for hydroxylation is 1. The first kappa shape index (κ1) is 23.2. The van der Waals surface area contributed by atoms with E-state index in [0.717, 1.165) is 6.42 Å². The van der Waals surface area contributed by atoms with Crippen LogP contribution >= 0.6 is 0 Å². The molecule has 1 aromatic rings. The van der Waals surface area contributed by atoms with E-state index in [0.29, 0.717) is 0 Å². The maximum atomic E-state index is 6.48. The lowest BCUT2D eigenvalue weighted by Crippen LogP contribution is -2.33. The SMILES string of the molecule is CCCCCCCCCCCCCCc1cccc(C(C)(N)CC)c1C. The van der Waals surface area contributed by atoms with Crippen LogP contribution in [0.1, 0.15) is 121 Å². The molecule has 1 heteroatoms. The average molecular weight is 360 g/mol. The summed E-state index contributed by atoms with van der Waals surface area (Å²) in [5, 5.41) is 0. The Hall–Kier alpha value is -0.820. The second kappa shape index (κ2) is 13.4. The summed E-state index contributed by atoms with van der Waals surface area (Å²) in [6.07, 6.45) is 19.1. The van der Waals surface area contributed by atoms with Gasteiger partial charge in [-0.05, 0) is 49.8 Å². The number of hydrogen-bond donors (Lipinski definition) is 1. The zero-order valence-electron chi connectivity index (χ0n) is 18.2. The highest BCUT2D eigenvalue weighted by molar-refractivity contribution is 5.38. The second-order valence-corrected chi connectivity index (χ2v) is 8.50. The Balaban J connectivity index is 2.14. The minimum Gasteiger partial charge on any atom is -0.322 e. The molecule has 0 aliphatic carbocycles. The van der Waals surface area contributed by atoms with Crippen molar-refractivity contribution in [1.29, 1.82) is 0 Å². The van der Waals surface area contributed by atoms with Crippen LogP contribution in [0.2, 0.25) is 0 Å². The van der Waals surface area contributed by atoms with Gasteiger partial charge in [-0.1, -0.05) is 103 Å². The van der Waals surface area contributed by atoms with Crippen LogP contribution in [0.25, 0.3) is 0 Å². The zero-order valence-corrected chi connectivity index (χ0v) is 18.2. The van der Waals surface area contributed by atoms with Gasteiger partial charge in [0.1, 0.15) is 0 Å². The van der Waals surface area contributed by atoms with E-state index in [1.165, 1.54) is 100 Å². The Morgan fingerprint density at radius 2 is 1.27 bits per heavy atom. The standard InChI is InChI=1S/C25H45N/c1-5-7-8-9-10-11-12-13-14-15-16-17-19-23-20-18-21-24(22(23)3)25(4,26)6-2/h18,20-21H,5-17,19,26H2,1-4H3. The van der Waals surface area contributed by atoms with Gasteiger partial charge in [-0.15, -0.1) is 0 Å². The van der Waals surface area contributed by atoms with Crippen LogP contribution in [0.15, 0.2) is 18.2 Å². The molecule has 1 nitrogen and oxygen atoms in total.